The molecule has 2 heterocycles. The molecule has 0 atom stereocenters. The summed E-state index contributed by atoms with van der Waals surface area (Å²) in [6.45, 7) is 2.08. The second kappa shape index (κ2) is 7.40. The number of amides is 1. The van der Waals surface area contributed by atoms with E-state index < -0.39 is 11.7 Å². The molecule has 1 aromatic heterocycles. The zero-order chi connectivity index (χ0) is 20.8. The van der Waals surface area contributed by atoms with Gasteiger partial charge in [-0.25, -0.2) is 4.98 Å². The van der Waals surface area contributed by atoms with Gasteiger partial charge in [-0.3, -0.25) is 4.79 Å². The molecule has 1 amide bonds. The van der Waals surface area contributed by atoms with Crippen LogP contribution in [0.4, 0.5) is 30.6 Å². The highest BCUT2D eigenvalue weighted by Gasteiger charge is 2.33. The molecule has 6 nitrogen and oxygen atoms in total. The molecule has 4 rings (SSSR count). The largest absolute Gasteiger partial charge is 0.416 e. The number of carbonyl (C=O) groups excluding carboxylic acids is 1. The molecule has 2 aliphatic rings. The number of rotatable bonds is 4. The van der Waals surface area contributed by atoms with Crippen LogP contribution in [0.25, 0.3) is 0 Å². The molecule has 1 aliphatic heterocycles. The number of hydrogen-bond donors (Lipinski definition) is 2. The third-order valence-corrected chi connectivity index (χ3v) is 6.25. The van der Waals surface area contributed by atoms with Crippen LogP contribution in [-0.4, -0.2) is 40.8 Å². The molecule has 0 bridgehead atoms. The topological polar surface area (TPSA) is 70.1 Å². The number of aryl methyl sites for hydroxylation is 1. The molecule has 1 aliphatic carbocycles. The number of benzene rings is 1. The Morgan fingerprint density at radius 2 is 1.90 bits per heavy atom. The van der Waals surface area contributed by atoms with Crippen molar-refractivity contribution in [3.05, 3.63) is 35.5 Å². The Labute approximate surface area is 170 Å². The van der Waals surface area contributed by atoms with Crippen molar-refractivity contribution in [2.75, 3.05) is 29.1 Å². The lowest BCUT2D eigenvalue weighted by Gasteiger charge is -2.36. The summed E-state index contributed by atoms with van der Waals surface area (Å²) in [7, 11) is 1.81. The third-order valence-electron chi connectivity index (χ3n) is 4.99. The minimum atomic E-state index is -4.31. The number of hydrogen-bond acceptors (Lipinski definition) is 6. The number of carbonyl (C=O) groups is 1. The zero-order valence-electron chi connectivity index (χ0n) is 15.9. The van der Waals surface area contributed by atoms with Crippen molar-refractivity contribution in [1.82, 2.24) is 9.97 Å². The number of nitrogens with one attached hydrogen (secondary N) is 2. The van der Waals surface area contributed by atoms with Gasteiger partial charge in [0.15, 0.2) is 5.82 Å². The molecule has 154 valence electrons. The van der Waals surface area contributed by atoms with Crippen molar-refractivity contribution >= 4 is 35.1 Å². The smallest absolute Gasteiger partial charge is 0.351 e. The van der Waals surface area contributed by atoms with Crippen molar-refractivity contribution < 1.29 is 18.0 Å². The third kappa shape index (κ3) is 4.26. The Hall–Kier alpha value is -2.49. The Morgan fingerprint density at radius 1 is 1.21 bits per heavy atom. The highest BCUT2D eigenvalue weighted by molar-refractivity contribution is 8.00. The van der Waals surface area contributed by atoms with Crippen LogP contribution in [-0.2, 0) is 11.0 Å². The molecule has 1 fully saturated rings. The average Bonchev–Trinajstić information content (AvgIpc) is 2.60. The predicted molar refractivity (Wildman–Crippen MR) is 106 cm³/mol. The van der Waals surface area contributed by atoms with Crippen LogP contribution >= 0.6 is 11.8 Å². The van der Waals surface area contributed by atoms with Crippen LogP contribution in [0.3, 0.4) is 0 Å². The monoisotopic (exact) mass is 423 g/mol. The second-order valence-electron chi connectivity index (χ2n) is 7.31. The van der Waals surface area contributed by atoms with Crippen LogP contribution in [0, 0.1) is 6.92 Å². The Bertz CT molecular complexity index is 929. The van der Waals surface area contributed by atoms with E-state index in [2.05, 4.69) is 20.6 Å². The van der Waals surface area contributed by atoms with Gasteiger partial charge in [-0.05, 0) is 44.0 Å². The summed E-state index contributed by atoms with van der Waals surface area (Å²) in [5.41, 5.74) is 0.710. The van der Waals surface area contributed by atoms with Crippen molar-refractivity contribution in [2.24, 2.45) is 0 Å². The van der Waals surface area contributed by atoms with Crippen LogP contribution in [0.5, 0.6) is 0 Å². The van der Waals surface area contributed by atoms with Crippen LogP contribution in [0.2, 0.25) is 0 Å². The highest BCUT2D eigenvalue weighted by Crippen LogP contribution is 2.39. The fraction of sp³-hybridized carbons (Fsp3) is 0.421. The van der Waals surface area contributed by atoms with E-state index in [1.165, 1.54) is 12.1 Å². The lowest BCUT2D eigenvalue weighted by Crippen LogP contribution is -2.39. The van der Waals surface area contributed by atoms with Crippen molar-refractivity contribution in [1.29, 1.82) is 0 Å². The molecule has 0 spiro atoms. The zero-order valence-corrected chi connectivity index (χ0v) is 16.7. The van der Waals surface area contributed by atoms with Gasteiger partial charge in [-0.2, -0.15) is 18.2 Å². The van der Waals surface area contributed by atoms with Crippen LogP contribution in [0.1, 0.15) is 24.1 Å². The lowest BCUT2D eigenvalue weighted by atomic mass is 9.92. The predicted octanol–water partition coefficient (Wildman–Crippen LogP) is 3.93. The number of alkyl halides is 3. The molecule has 0 unspecified atom stereocenters. The van der Waals surface area contributed by atoms with Crippen molar-refractivity contribution in [3.8, 4) is 0 Å². The molecule has 2 N–H and O–H groups in total. The van der Waals surface area contributed by atoms with Gasteiger partial charge in [0, 0.05) is 23.2 Å². The minimum Gasteiger partial charge on any atom is -0.351 e. The van der Waals surface area contributed by atoms with Gasteiger partial charge in [0.1, 0.15) is 5.69 Å². The number of halogens is 3. The molecule has 29 heavy (non-hydrogen) atoms. The molecule has 0 saturated heterocycles. The van der Waals surface area contributed by atoms with E-state index in [0.717, 1.165) is 29.9 Å². The van der Waals surface area contributed by atoms with Gasteiger partial charge >= 0.3 is 6.18 Å². The maximum Gasteiger partial charge on any atom is 0.416 e. The van der Waals surface area contributed by atoms with E-state index in [9.17, 15) is 18.0 Å². The first-order valence-electron chi connectivity index (χ1n) is 9.19. The summed E-state index contributed by atoms with van der Waals surface area (Å²) in [5, 5.41) is 6.47. The van der Waals surface area contributed by atoms with Crippen molar-refractivity contribution in [3.63, 3.8) is 0 Å². The number of aromatic nitrogens is 2. The quantitative estimate of drug-likeness (QED) is 0.777. The molecule has 1 saturated carbocycles. The highest BCUT2D eigenvalue weighted by atomic mass is 32.2. The van der Waals surface area contributed by atoms with Gasteiger partial charge in [0.2, 0.25) is 11.9 Å². The molecular formula is C19H20F3N5OS. The van der Waals surface area contributed by atoms with E-state index in [1.807, 2.05) is 14.0 Å². The number of fused-ring (bicyclic) bond motifs is 1. The van der Waals surface area contributed by atoms with E-state index in [1.54, 1.807) is 16.7 Å². The summed E-state index contributed by atoms with van der Waals surface area (Å²) in [6.07, 6.45) is -2.56. The SMILES string of the molecule is Cc1nc(N[C@H]2C[C@H](Sc3ccc(C(F)(F)F)cc3)C2)nc2c1NC(=O)CN2C. The minimum absolute atomic E-state index is 0.0884. The summed E-state index contributed by atoms with van der Waals surface area (Å²) in [5.74, 6) is 1.12. The molecule has 2 aromatic rings. The summed E-state index contributed by atoms with van der Waals surface area (Å²) < 4.78 is 37.9. The summed E-state index contributed by atoms with van der Waals surface area (Å²) in [4.78, 5) is 23.3. The van der Waals surface area contributed by atoms with Crippen molar-refractivity contribution in [2.45, 2.75) is 42.1 Å². The van der Waals surface area contributed by atoms with E-state index >= 15 is 0 Å². The fourth-order valence-corrected chi connectivity index (χ4v) is 4.73. The number of likely N-dealkylation sites (N-methyl/N-ethyl adjacent to an activating group) is 1. The van der Waals surface area contributed by atoms with Gasteiger partial charge < -0.3 is 15.5 Å². The van der Waals surface area contributed by atoms with Crippen LogP contribution < -0.4 is 15.5 Å². The van der Waals surface area contributed by atoms with Gasteiger partial charge in [-0.1, -0.05) is 0 Å². The van der Waals surface area contributed by atoms with Gasteiger partial charge in [-0.15, -0.1) is 11.8 Å². The summed E-state index contributed by atoms with van der Waals surface area (Å²) >= 11 is 1.59. The van der Waals surface area contributed by atoms with E-state index in [0.29, 0.717) is 28.4 Å². The van der Waals surface area contributed by atoms with Gasteiger partial charge in [0.05, 0.1) is 17.8 Å². The molecule has 1 aromatic carbocycles. The maximum absolute atomic E-state index is 12.6. The molecule has 10 heteroatoms. The first-order valence-corrected chi connectivity index (χ1v) is 10.1. The lowest BCUT2D eigenvalue weighted by molar-refractivity contribution is -0.137. The average molecular weight is 423 g/mol. The Balaban J connectivity index is 1.34. The molecule has 0 radical (unpaired) electrons. The first kappa shape index (κ1) is 19.8. The number of nitrogens with zero attached hydrogens (tertiary/aromatic N) is 3. The normalized spacial score (nSPS) is 21.3. The van der Waals surface area contributed by atoms with E-state index in [4.69, 9.17) is 0 Å². The number of anilines is 3. The fourth-order valence-electron chi connectivity index (χ4n) is 3.39. The van der Waals surface area contributed by atoms with E-state index in [-0.39, 0.29) is 18.5 Å². The van der Waals surface area contributed by atoms with Crippen LogP contribution in [0.15, 0.2) is 29.2 Å². The standard InChI is InChI=1S/C19H20F3N5OS/c1-10-16-17(27(2)9-15(28)25-16)26-18(23-10)24-12-7-14(8-12)29-13-5-3-11(4-6-13)19(20,21)22/h3-6,12,14H,7-9H2,1-2H3,(H,25,28)(H,23,24,26)/t12-,14-. The Morgan fingerprint density at radius 3 is 2.55 bits per heavy atom. The maximum atomic E-state index is 12.6. The number of thioether (sulfide) groups is 1. The second-order valence-corrected chi connectivity index (χ2v) is 8.68. The first-order chi connectivity index (χ1) is 13.7. The Kier molecular flexibility index (Phi) is 5.05. The van der Waals surface area contributed by atoms with Gasteiger partial charge in [0.25, 0.3) is 0 Å². The summed E-state index contributed by atoms with van der Waals surface area (Å²) in [6, 6.07) is 5.50. The molecular weight excluding hydrogens is 403 g/mol.